The van der Waals surface area contributed by atoms with Crippen molar-refractivity contribution in [3.8, 4) is 0 Å². The predicted octanol–water partition coefficient (Wildman–Crippen LogP) is 2.97. The molecule has 1 aromatic heterocycles. The van der Waals surface area contributed by atoms with Crippen LogP contribution in [-0.4, -0.2) is 70.5 Å². The molecule has 0 spiro atoms. The predicted molar refractivity (Wildman–Crippen MR) is 134 cm³/mol. The van der Waals surface area contributed by atoms with E-state index in [0.29, 0.717) is 18.9 Å². The van der Waals surface area contributed by atoms with Crippen molar-refractivity contribution in [1.82, 2.24) is 19.9 Å². The summed E-state index contributed by atoms with van der Waals surface area (Å²) in [5.41, 5.74) is 3.71. The van der Waals surface area contributed by atoms with Crippen molar-refractivity contribution in [1.29, 1.82) is 0 Å². The Morgan fingerprint density at radius 2 is 1.71 bits per heavy atom. The molecule has 2 aromatic carbocycles. The zero-order valence-electron chi connectivity index (χ0n) is 20.3. The van der Waals surface area contributed by atoms with Gasteiger partial charge in [-0.05, 0) is 26.0 Å². The van der Waals surface area contributed by atoms with Crippen LogP contribution in [-0.2, 0) is 27.5 Å². The van der Waals surface area contributed by atoms with E-state index in [4.69, 9.17) is 9.57 Å². The quantitative estimate of drug-likeness (QED) is 0.253. The topological polar surface area (TPSA) is 85.1 Å². The summed E-state index contributed by atoms with van der Waals surface area (Å²) in [7, 11) is 0. The van der Waals surface area contributed by atoms with E-state index in [1.807, 2.05) is 42.6 Å². The molecule has 1 saturated heterocycles. The fourth-order valence-electron chi connectivity index (χ4n) is 3.92. The maximum absolute atomic E-state index is 11.9. The van der Waals surface area contributed by atoms with Crippen LogP contribution in [0.2, 0.25) is 0 Å². The van der Waals surface area contributed by atoms with Crippen molar-refractivity contribution < 1.29 is 14.4 Å². The van der Waals surface area contributed by atoms with Gasteiger partial charge in [0.25, 0.3) is 0 Å². The second-order valence-corrected chi connectivity index (χ2v) is 8.41. The van der Waals surface area contributed by atoms with Crippen molar-refractivity contribution in [3.63, 3.8) is 0 Å². The highest BCUT2D eigenvalue weighted by Crippen LogP contribution is 2.16. The van der Waals surface area contributed by atoms with E-state index < -0.39 is 12.1 Å². The molecule has 0 N–H and O–H groups in total. The van der Waals surface area contributed by atoms with Gasteiger partial charge >= 0.3 is 5.97 Å². The van der Waals surface area contributed by atoms with Gasteiger partial charge in [0.1, 0.15) is 5.71 Å². The Bertz CT molecular complexity index is 1090. The molecule has 1 atom stereocenters. The number of hydrogen-bond acceptors (Lipinski definition) is 8. The highest BCUT2D eigenvalue weighted by atomic mass is 16.7. The molecule has 1 aliphatic rings. The summed E-state index contributed by atoms with van der Waals surface area (Å²) < 4.78 is 6.75. The van der Waals surface area contributed by atoms with Crippen molar-refractivity contribution in [2.24, 2.45) is 5.16 Å². The number of rotatable bonds is 10. The van der Waals surface area contributed by atoms with Gasteiger partial charge in [0.05, 0.1) is 25.0 Å². The zero-order chi connectivity index (χ0) is 24.5. The molecular formula is C26H32N6O3. The van der Waals surface area contributed by atoms with Gasteiger partial charge in [0, 0.05) is 44.0 Å². The molecular weight excluding hydrogens is 444 g/mol. The molecule has 0 bridgehead atoms. The van der Waals surface area contributed by atoms with Crippen LogP contribution >= 0.6 is 0 Å². The smallest absolute Gasteiger partial charge is 0.349 e. The Balaban J connectivity index is 1.36. The van der Waals surface area contributed by atoms with Crippen molar-refractivity contribution >= 4 is 17.4 Å². The van der Waals surface area contributed by atoms with Gasteiger partial charge in [-0.25, -0.2) is 9.48 Å². The van der Waals surface area contributed by atoms with Crippen LogP contribution in [0.5, 0.6) is 0 Å². The normalized spacial score (nSPS) is 15.6. The van der Waals surface area contributed by atoms with E-state index in [9.17, 15) is 4.79 Å². The maximum atomic E-state index is 11.9. The molecule has 0 amide bonds. The molecule has 0 radical (unpaired) electrons. The molecule has 184 valence electrons. The number of aromatic nitrogens is 3. The standard InChI is InChI=1S/C26H32N6O3/c1-3-34-26(33)21(2)35-28-25(22-10-6-4-7-11-22)20-32-19-23(27-29-32)18-30-14-16-31(17-15-30)24-12-8-5-9-13-24/h4-13,19,21H,3,14-18,20H2,1-2H3/b28-25+. The van der Waals surface area contributed by atoms with Gasteiger partial charge < -0.3 is 14.5 Å². The first-order valence-electron chi connectivity index (χ1n) is 12.0. The second-order valence-electron chi connectivity index (χ2n) is 8.41. The molecule has 35 heavy (non-hydrogen) atoms. The lowest BCUT2D eigenvalue weighted by Gasteiger charge is -2.35. The molecule has 9 heteroatoms. The van der Waals surface area contributed by atoms with Crippen LogP contribution in [0.1, 0.15) is 25.1 Å². The molecule has 0 saturated carbocycles. The van der Waals surface area contributed by atoms with E-state index >= 15 is 0 Å². The number of oxime groups is 1. The van der Waals surface area contributed by atoms with Crippen LogP contribution in [0, 0.1) is 0 Å². The van der Waals surface area contributed by atoms with Crippen molar-refractivity contribution in [3.05, 3.63) is 78.1 Å². The maximum Gasteiger partial charge on any atom is 0.349 e. The molecule has 1 unspecified atom stereocenters. The second kappa shape index (κ2) is 12.1. The number of carbonyl (C=O) groups excluding carboxylic acids is 1. The molecule has 2 heterocycles. The van der Waals surface area contributed by atoms with Crippen LogP contribution in [0.25, 0.3) is 0 Å². The average molecular weight is 477 g/mol. The summed E-state index contributed by atoms with van der Waals surface area (Å²) >= 11 is 0. The minimum absolute atomic E-state index is 0.296. The summed E-state index contributed by atoms with van der Waals surface area (Å²) in [6.07, 6.45) is 1.14. The molecule has 1 fully saturated rings. The highest BCUT2D eigenvalue weighted by molar-refractivity contribution is 6.00. The van der Waals surface area contributed by atoms with E-state index in [-0.39, 0.29) is 0 Å². The summed E-state index contributed by atoms with van der Waals surface area (Å²) in [6.45, 7) is 8.70. The highest BCUT2D eigenvalue weighted by Gasteiger charge is 2.19. The first-order valence-corrected chi connectivity index (χ1v) is 12.0. The summed E-state index contributed by atoms with van der Waals surface area (Å²) in [5.74, 6) is -0.445. The molecule has 3 aromatic rings. The minimum Gasteiger partial charge on any atom is -0.463 e. The fraction of sp³-hybridized carbons (Fsp3) is 0.385. The van der Waals surface area contributed by atoms with Gasteiger partial charge in [-0.1, -0.05) is 58.9 Å². The van der Waals surface area contributed by atoms with E-state index in [1.54, 1.807) is 18.5 Å². The summed E-state index contributed by atoms with van der Waals surface area (Å²) in [6, 6.07) is 20.2. The molecule has 4 rings (SSSR count). The van der Waals surface area contributed by atoms with E-state index in [0.717, 1.165) is 44.0 Å². The fourth-order valence-corrected chi connectivity index (χ4v) is 3.92. The number of piperazine rings is 1. The number of carbonyl (C=O) groups is 1. The lowest BCUT2D eigenvalue weighted by Crippen LogP contribution is -2.46. The van der Waals surface area contributed by atoms with Gasteiger partial charge in [0.2, 0.25) is 6.10 Å². The number of esters is 1. The first-order chi connectivity index (χ1) is 17.1. The Morgan fingerprint density at radius 3 is 2.40 bits per heavy atom. The largest absolute Gasteiger partial charge is 0.463 e. The van der Waals surface area contributed by atoms with Crippen LogP contribution < -0.4 is 4.90 Å². The van der Waals surface area contributed by atoms with Gasteiger partial charge in [-0.3, -0.25) is 4.90 Å². The third-order valence-electron chi connectivity index (χ3n) is 5.82. The third-order valence-corrected chi connectivity index (χ3v) is 5.82. The first kappa shape index (κ1) is 24.4. The van der Waals surface area contributed by atoms with Gasteiger partial charge in [-0.2, -0.15) is 0 Å². The lowest BCUT2D eigenvalue weighted by molar-refractivity contribution is -0.155. The number of ether oxygens (including phenoxy) is 1. The summed E-state index contributed by atoms with van der Waals surface area (Å²) in [5, 5.41) is 12.9. The molecule has 1 aliphatic heterocycles. The SMILES string of the molecule is CCOC(=O)C(C)O/N=C(\Cn1cc(CN2CCN(c3ccccc3)CC2)nn1)c1ccccc1. The minimum atomic E-state index is -0.797. The molecule has 9 nitrogen and oxygen atoms in total. The van der Waals surface area contributed by atoms with E-state index in [1.165, 1.54) is 5.69 Å². The van der Waals surface area contributed by atoms with Gasteiger partial charge in [0.15, 0.2) is 0 Å². The van der Waals surface area contributed by atoms with Gasteiger partial charge in [-0.15, -0.1) is 5.10 Å². The average Bonchev–Trinajstić information content (AvgIpc) is 3.34. The Morgan fingerprint density at radius 1 is 1.03 bits per heavy atom. The van der Waals surface area contributed by atoms with Crippen molar-refractivity contribution in [2.75, 3.05) is 37.7 Å². The third kappa shape index (κ3) is 6.89. The number of anilines is 1. The monoisotopic (exact) mass is 476 g/mol. The number of hydrogen-bond donors (Lipinski definition) is 0. The zero-order valence-corrected chi connectivity index (χ0v) is 20.3. The Hall–Kier alpha value is -3.72. The van der Waals surface area contributed by atoms with Crippen LogP contribution in [0.15, 0.2) is 72.0 Å². The Kier molecular flexibility index (Phi) is 8.45. The van der Waals surface area contributed by atoms with E-state index in [2.05, 4.69) is 49.5 Å². The van der Waals surface area contributed by atoms with Crippen LogP contribution in [0.4, 0.5) is 5.69 Å². The van der Waals surface area contributed by atoms with Crippen LogP contribution in [0.3, 0.4) is 0 Å². The lowest BCUT2D eigenvalue weighted by atomic mass is 10.1. The number of nitrogens with zero attached hydrogens (tertiary/aromatic N) is 6. The Labute approximate surface area is 205 Å². The molecule has 0 aliphatic carbocycles. The number of benzene rings is 2. The summed E-state index contributed by atoms with van der Waals surface area (Å²) in [4.78, 5) is 22.2. The van der Waals surface area contributed by atoms with Crippen molar-refractivity contribution in [2.45, 2.75) is 33.0 Å². The number of para-hydroxylation sites is 1.